The predicted molar refractivity (Wildman–Crippen MR) is 108 cm³/mol. The number of aromatic amines is 1. The summed E-state index contributed by atoms with van der Waals surface area (Å²) in [5, 5.41) is 14.7. The molecule has 148 valence electrons. The van der Waals surface area contributed by atoms with E-state index in [9.17, 15) is 9.18 Å². The number of H-pyrrole nitrogens is 1. The van der Waals surface area contributed by atoms with Gasteiger partial charge in [0.15, 0.2) is 0 Å². The number of likely N-dealkylation sites (tertiary alicyclic amines) is 1. The first-order valence-electron chi connectivity index (χ1n) is 9.45. The van der Waals surface area contributed by atoms with E-state index < -0.39 is 0 Å². The lowest BCUT2D eigenvalue weighted by atomic mass is 9.97. The Morgan fingerprint density at radius 1 is 1.31 bits per heavy atom. The Kier molecular flexibility index (Phi) is 5.14. The van der Waals surface area contributed by atoms with Crippen LogP contribution in [0, 0.1) is 17.1 Å². The normalized spacial score (nSPS) is 19.6. The summed E-state index contributed by atoms with van der Waals surface area (Å²) in [6.07, 6.45) is 1.52. The minimum atomic E-state index is -0.302. The van der Waals surface area contributed by atoms with E-state index in [1.807, 2.05) is 13.1 Å². The van der Waals surface area contributed by atoms with Crippen LogP contribution in [-0.4, -0.2) is 40.5 Å². The highest BCUT2D eigenvalue weighted by molar-refractivity contribution is 5.89. The largest absolute Gasteiger partial charge is 0.341 e. The van der Waals surface area contributed by atoms with Crippen LogP contribution in [-0.2, 0) is 0 Å². The molecule has 1 aliphatic heterocycles. The van der Waals surface area contributed by atoms with E-state index in [-0.39, 0.29) is 23.9 Å². The molecule has 1 aliphatic rings. The van der Waals surface area contributed by atoms with Gasteiger partial charge in [0.05, 0.1) is 28.7 Å². The molecule has 1 saturated heterocycles. The summed E-state index contributed by atoms with van der Waals surface area (Å²) in [4.78, 5) is 22.4. The van der Waals surface area contributed by atoms with E-state index in [0.29, 0.717) is 23.2 Å². The number of nitrogens with one attached hydrogen (secondary N) is 3. The summed E-state index contributed by atoms with van der Waals surface area (Å²) in [6, 6.07) is 13.0. The molecule has 1 fully saturated rings. The van der Waals surface area contributed by atoms with Gasteiger partial charge in [-0.1, -0.05) is 0 Å². The van der Waals surface area contributed by atoms with Gasteiger partial charge >= 0.3 is 6.03 Å². The molecule has 3 N–H and O–H groups in total. The smallest absolute Gasteiger partial charge is 0.319 e. The number of benzene rings is 2. The molecule has 2 heterocycles. The molecule has 7 nitrogen and oxygen atoms in total. The molecule has 0 aliphatic carbocycles. The highest BCUT2D eigenvalue weighted by atomic mass is 19.1. The Morgan fingerprint density at radius 2 is 2.10 bits per heavy atom. The number of hydrogen-bond donors (Lipinski definition) is 3. The fraction of sp³-hybridized carbons (Fsp3) is 0.286. The van der Waals surface area contributed by atoms with E-state index >= 15 is 0 Å². The number of halogens is 1. The average molecular weight is 392 g/mol. The van der Waals surface area contributed by atoms with Crippen LogP contribution in [0.15, 0.2) is 42.5 Å². The summed E-state index contributed by atoms with van der Waals surface area (Å²) in [5.74, 6) is 0.468. The zero-order valence-electron chi connectivity index (χ0n) is 15.9. The number of urea groups is 1. The lowest BCUT2D eigenvalue weighted by Crippen LogP contribution is -2.46. The number of piperidine rings is 1. The Labute approximate surface area is 167 Å². The van der Waals surface area contributed by atoms with Crippen LogP contribution in [0.3, 0.4) is 0 Å². The van der Waals surface area contributed by atoms with Gasteiger partial charge in [-0.3, -0.25) is 4.90 Å². The minimum Gasteiger partial charge on any atom is -0.341 e. The van der Waals surface area contributed by atoms with Crippen molar-refractivity contribution >= 4 is 22.8 Å². The zero-order valence-corrected chi connectivity index (χ0v) is 15.9. The van der Waals surface area contributed by atoms with Crippen LogP contribution >= 0.6 is 0 Å². The van der Waals surface area contributed by atoms with E-state index in [2.05, 4.69) is 25.5 Å². The van der Waals surface area contributed by atoms with Crippen LogP contribution in [0.1, 0.15) is 30.3 Å². The second kappa shape index (κ2) is 7.89. The second-order valence-corrected chi connectivity index (χ2v) is 7.29. The van der Waals surface area contributed by atoms with Crippen molar-refractivity contribution in [1.82, 2.24) is 20.2 Å². The van der Waals surface area contributed by atoms with Crippen molar-refractivity contribution in [3.8, 4) is 6.07 Å². The second-order valence-electron chi connectivity index (χ2n) is 7.29. The van der Waals surface area contributed by atoms with Gasteiger partial charge in [-0.15, -0.1) is 0 Å². The average Bonchev–Trinajstić information content (AvgIpc) is 3.13. The molecular formula is C21H21FN6O. The highest BCUT2D eigenvalue weighted by Crippen LogP contribution is 2.29. The van der Waals surface area contributed by atoms with Gasteiger partial charge < -0.3 is 15.6 Å². The number of nitriles is 1. The van der Waals surface area contributed by atoms with Crippen molar-refractivity contribution in [1.29, 1.82) is 5.26 Å². The molecule has 1 aromatic heterocycles. The minimum absolute atomic E-state index is 0.000534. The molecule has 2 unspecified atom stereocenters. The molecule has 3 aromatic rings. The van der Waals surface area contributed by atoms with Gasteiger partial charge in [-0.25, -0.2) is 14.2 Å². The van der Waals surface area contributed by atoms with E-state index in [4.69, 9.17) is 5.26 Å². The van der Waals surface area contributed by atoms with Gasteiger partial charge in [-0.05, 0) is 62.4 Å². The Morgan fingerprint density at radius 3 is 2.86 bits per heavy atom. The third-order valence-corrected chi connectivity index (χ3v) is 5.26. The third-order valence-electron chi connectivity index (χ3n) is 5.26. The Balaban J connectivity index is 1.42. The Bertz CT molecular complexity index is 1070. The van der Waals surface area contributed by atoms with E-state index in [1.54, 1.807) is 30.3 Å². The molecule has 29 heavy (non-hydrogen) atoms. The maximum Gasteiger partial charge on any atom is 0.319 e. The van der Waals surface area contributed by atoms with Crippen molar-refractivity contribution < 1.29 is 9.18 Å². The zero-order chi connectivity index (χ0) is 20.4. The van der Waals surface area contributed by atoms with Crippen molar-refractivity contribution in [2.75, 3.05) is 18.9 Å². The number of hydrogen-bond acceptors (Lipinski definition) is 4. The van der Waals surface area contributed by atoms with E-state index in [0.717, 1.165) is 24.3 Å². The molecular weight excluding hydrogens is 371 g/mol. The Hall–Kier alpha value is -3.44. The number of aromatic nitrogens is 2. The van der Waals surface area contributed by atoms with Crippen LogP contribution < -0.4 is 10.6 Å². The first kappa shape index (κ1) is 18.9. The van der Waals surface area contributed by atoms with Crippen LogP contribution in [0.4, 0.5) is 14.9 Å². The summed E-state index contributed by atoms with van der Waals surface area (Å²) in [6.45, 7) is 0.803. The number of anilines is 1. The number of fused-ring (bicyclic) bond motifs is 1. The SMILES string of the molecule is CN1CCC(NC(=O)Nc2ccc(C#N)cc2)CC1c1nc2ccc(F)cc2[nH]1. The van der Waals surface area contributed by atoms with Crippen LogP contribution in [0.5, 0.6) is 0 Å². The number of carbonyl (C=O) groups excluding carboxylic acids is 1. The first-order valence-corrected chi connectivity index (χ1v) is 9.45. The number of rotatable bonds is 3. The summed E-state index contributed by atoms with van der Waals surface area (Å²) in [5.41, 5.74) is 2.57. The molecule has 4 rings (SSSR count). The quantitative estimate of drug-likeness (QED) is 0.635. The topological polar surface area (TPSA) is 96.8 Å². The van der Waals surface area contributed by atoms with Crippen molar-refractivity contribution in [3.63, 3.8) is 0 Å². The predicted octanol–water partition coefficient (Wildman–Crippen LogP) is 3.53. The monoisotopic (exact) mass is 392 g/mol. The lowest BCUT2D eigenvalue weighted by molar-refractivity contribution is 0.153. The highest BCUT2D eigenvalue weighted by Gasteiger charge is 2.30. The lowest BCUT2D eigenvalue weighted by Gasteiger charge is -2.36. The maximum atomic E-state index is 13.5. The standard InChI is InChI=1S/C21H21FN6O/c1-28-9-8-16(25-21(29)24-15-5-2-13(12-23)3-6-15)11-19(28)20-26-17-7-4-14(22)10-18(17)27-20/h2-7,10,16,19H,8-9,11H2,1H3,(H,26,27)(H2,24,25,29). The van der Waals surface area contributed by atoms with Crippen LogP contribution in [0.2, 0.25) is 0 Å². The van der Waals surface area contributed by atoms with Gasteiger partial charge in [0.2, 0.25) is 0 Å². The number of imidazole rings is 1. The summed E-state index contributed by atoms with van der Waals surface area (Å²) in [7, 11) is 2.02. The number of carbonyl (C=O) groups is 1. The maximum absolute atomic E-state index is 13.5. The van der Waals surface area contributed by atoms with Gasteiger partial charge in [0.1, 0.15) is 11.6 Å². The van der Waals surface area contributed by atoms with Crippen molar-refractivity contribution in [2.45, 2.75) is 24.9 Å². The molecule has 2 amide bonds. The summed E-state index contributed by atoms with van der Waals surface area (Å²) < 4.78 is 13.5. The molecule has 0 radical (unpaired) electrons. The van der Waals surface area contributed by atoms with Crippen molar-refractivity contribution in [2.24, 2.45) is 0 Å². The van der Waals surface area contributed by atoms with Crippen molar-refractivity contribution in [3.05, 3.63) is 59.7 Å². The van der Waals surface area contributed by atoms with Crippen LogP contribution in [0.25, 0.3) is 11.0 Å². The first-order chi connectivity index (χ1) is 14.0. The molecule has 8 heteroatoms. The van der Waals surface area contributed by atoms with Gasteiger partial charge in [-0.2, -0.15) is 5.26 Å². The van der Waals surface area contributed by atoms with Gasteiger partial charge in [0.25, 0.3) is 0 Å². The molecule has 0 saturated carbocycles. The fourth-order valence-corrected chi connectivity index (χ4v) is 3.67. The van der Waals surface area contributed by atoms with Gasteiger partial charge in [0, 0.05) is 18.3 Å². The summed E-state index contributed by atoms with van der Waals surface area (Å²) >= 11 is 0. The molecule has 2 aromatic carbocycles. The number of amides is 2. The fourth-order valence-electron chi connectivity index (χ4n) is 3.67. The molecule has 2 atom stereocenters. The number of nitrogens with zero attached hydrogens (tertiary/aromatic N) is 3. The molecule has 0 bridgehead atoms. The molecule has 0 spiro atoms. The third kappa shape index (κ3) is 4.20. The van der Waals surface area contributed by atoms with E-state index in [1.165, 1.54) is 12.1 Å².